The number of benzene rings is 1. The minimum atomic E-state index is -0.129. The molecule has 84 valence electrons. The van der Waals surface area contributed by atoms with Crippen LogP contribution in [0.4, 0.5) is 0 Å². The molecular weight excluding hydrogens is 220 g/mol. The van der Waals surface area contributed by atoms with Gasteiger partial charge in [-0.25, -0.2) is 4.98 Å². The lowest BCUT2D eigenvalue weighted by molar-refractivity contribution is 0.843. The molecule has 3 aromatic rings. The van der Waals surface area contributed by atoms with E-state index < -0.39 is 0 Å². The minimum absolute atomic E-state index is 0.129. The van der Waals surface area contributed by atoms with Gasteiger partial charge in [0.1, 0.15) is 0 Å². The van der Waals surface area contributed by atoms with Gasteiger partial charge in [0, 0.05) is 7.05 Å². The molecule has 0 saturated carbocycles. The summed E-state index contributed by atoms with van der Waals surface area (Å²) in [4.78, 5) is 16.4. The standard InChI is InChI=1S/C10H8N6O/c1-16-9(8-12-14-15-13-8)11-7-5-3-2-4-6(7)10(16)17/h2-5H,1H3,(H,12,13,14,15). The number of rotatable bonds is 1. The summed E-state index contributed by atoms with van der Waals surface area (Å²) in [5.74, 6) is 0.692. The SMILES string of the molecule is Cn1c(-c2nn[nH]n2)nc2ccccc2c1=O. The van der Waals surface area contributed by atoms with E-state index in [0.717, 1.165) is 0 Å². The summed E-state index contributed by atoms with van der Waals surface area (Å²) in [6.07, 6.45) is 0. The first-order valence-corrected chi connectivity index (χ1v) is 4.97. The van der Waals surface area contributed by atoms with Crippen molar-refractivity contribution in [3.63, 3.8) is 0 Å². The van der Waals surface area contributed by atoms with Crippen molar-refractivity contribution >= 4 is 10.9 Å². The highest BCUT2D eigenvalue weighted by atomic mass is 16.1. The zero-order valence-electron chi connectivity index (χ0n) is 8.95. The molecule has 17 heavy (non-hydrogen) atoms. The average molecular weight is 228 g/mol. The molecule has 0 atom stereocenters. The van der Waals surface area contributed by atoms with E-state index in [2.05, 4.69) is 25.6 Å². The third kappa shape index (κ3) is 1.40. The highest BCUT2D eigenvalue weighted by Gasteiger charge is 2.12. The van der Waals surface area contributed by atoms with E-state index in [0.29, 0.717) is 22.6 Å². The Morgan fingerprint density at radius 1 is 1.29 bits per heavy atom. The first-order valence-electron chi connectivity index (χ1n) is 4.97. The van der Waals surface area contributed by atoms with Gasteiger partial charge in [-0.05, 0) is 17.3 Å². The van der Waals surface area contributed by atoms with Crippen molar-refractivity contribution in [1.29, 1.82) is 0 Å². The molecule has 1 N–H and O–H groups in total. The Morgan fingerprint density at radius 2 is 2.12 bits per heavy atom. The van der Waals surface area contributed by atoms with E-state index in [1.807, 2.05) is 6.07 Å². The van der Waals surface area contributed by atoms with Gasteiger partial charge in [-0.15, -0.1) is 10.2 Å². The molecule has 0 unspecified atom stereocenters. The maximum Gasteiger partial charge on any atom is 0.261 e. The highest BCUT2D eigenvalue weighted by molar-refractivity contribution is 5.78. The number of para-hydroxylation sites is 1. The number of hydrogen-bond donors (Lipinski definition) is 1. The van der Waals surface area contributed by atoms with Crippen LogP contribution in [0.5, 0.6) is 0 Å². The first kappa shape index (κ1) is 9.64. The zero-order chi connectivity index (χ0) is 11.8. The molecule has 0 amide bonds. The summed E-state index contributed by atoms with van der Waals surface area (Å²) in [6, 6.07) is 7.15. The number of hydrogen-bond acceptors (Lipinski definition) is 5. The van der Waals surface area contributed by atoms with E-state index in [-0.39, 0.29) is 5.56 Å². The van der Waals surface area contributed by atoms with E-state index in [1.165, 1.54) is 4.57 Å². The van der Waals surface area contributed by atoms with E-state index in [9.17, 15) is 4.79 Å². The number of aromatic amines is 1. The number of aromatic nitrogens is 6. The van der Waals surface area contributed by atoms with Crippen LogP contribution in [0.3, 0.4) is 0 Å². The molecule has 1 aromatic carbocycles. The molecule has 7 nitrogen and oxygen atoms in total. The second kappa shape index (κ2) is 3.48. The fraction of sp³-hybridized carbons (Fsp3) is 0.100. The molecule has 0 saturated heterocycles. The van der Waals surface area contributed by atoms with Crippen molar-refractivity contribution in [3.8, 4) is 11.6 Å². The van der Waals surface area contributed by atoms with Gasteiger partial charge in [-0.3, -0.25) is 9.36 Å². The third-order valence-electron chi connectivity index (χ3n) is 2.53. The zero-order valence-corrected chi connectivity index (χ0v) is 8.95. The lowest BCUT2D eigenvalue weighted by Crippen LogP contribution is -2.20. The van der Waals surface area contributed by atoms with Crippen LogP contribution >= 0.6 is 0 Å². The largest absolute Gasteiger partial charge is 0.292 e. The van der Waals surface area contributed by atoms with Gasteiger partial charge in [-0.1, -0.05) is 12.1 Å². The van der Waals surface area contributed by atoms with Gasteiger partial charge < -0.3 is 0 Å². The van der Waals surface area contributed by atoms with Gasteiger partial charge in [0.25, 0.3) is 5.56 Å². The number of fused-ring (bicyclic) bond motifs is 1. The predicted octanol–water partition coefficient (Wildman–Crippen LogP) is 0.114. The normalized spacial score (nSPS) is 10.9. The summed E-state index contributed by atoms with van der Waals surface area (Å²) >= 11 is 0. The summed E-state index contributed by atoms with van der Waals surface area (Å²) in [5.41, 5.74) is 0.491. The van der Waals surface area contributed by atoms with Gasteiger partial charge in [-0.2, -0.15) is 5.21 Å². The van der Waals surface area contributed by atoms with Crippen molar-refractivity contribution in [2.75, 3.05) is 0 Å². The summed E-state index contributed by atoms with van der Waals surface area (Å²) in [7, 11) is 1.63. The van der Waals surface area contributed by atoms with Crippen LogP contribution in [0.15, 0.2) is 29.1 Å². The van der Waals surface area contributed by atoms with Crippen LogP contribution in [0.2, 0.25) is 0 Å². The average Bonchev–Trinajstić information content (AvgIpc) is 2.87. The van der Waals surface area contributed by atoms with Crippen molar-refractivity contribution < 1.29 is 0 Å². The molecule has 3 rings (SSSR count). The smallest absolute Gasteiger partial charge is 0.261 e. The molecule has 0 aliphatic heterocycles. The van der Waals surface area contributed by atoms with Crippen LogP contribution in [-0.4, -0.2) is 30.2 Å². The number of H-pyrrole nitrogens is 1. The van der Waals surface area contributed by atoms with E-state index in [4.69, 9.17) is 0 Å². The fourth-order valence-electron chi connectivity index (χ4n) is 1.67. The molecule has 0 bridgehead atoms. The number of nitrogens with zero attached hydrogens (tertiary/aromatic N) is 5. The molecule has 0 aliphatic carbocycles. The highest BCUT2D eigenvalue weighted by Crippen LogP contribution is 2.12. The summed E-state index contributed by atoms with van der Waals surface area (Å²) < 4.78 is 1.41. The van der Waals surface area contributed by atoms with E-state index >= 15 is 0 Å². The lowest BCUT2D eigenvalue weighted by Gasteiger charge is -2.05. The molecular formula is C10H8N6O. The second-order valence-corrected chi connectivity index (χ2v) is 3.55. The van der Waals surface area contributed by atoms with Crippen molar-refractivity contribution in [3.05, 3.63) is 34.6 Å². The molecule has 2 heterocycles. The Hall–Kier alpha value is -2.57. The third-order valence-corrected chi connectivity index (χ3v) is 2.53. The van der Waals surface area contributed by atoms with Crippen LogP contribution in [-0.2, 0) is 7.05 Å². The predicted molar refractivity (Wildman–Crippen MR) is 60.2 cm³/mol. The topological polar surface area (TPSA) is 89.3 Å². The quantitative estimate of drug-likeness (QED) is 0.638. The Balaban J connectivity index is 2.42. The lowest BCUT2D eigenvalue weighted by atomic mass is 10.2. The van der Waals surface area contributed by atoms with Gasteiger partial charge in [0.2, 0.25) is 5.82 Å². The van der Waals surface area contributed by atoms with Crippen LogP contribution in [0, 0.1) is 0 Å². The van der Waals surface area contributed by atoms with Crippen LogP contribution in [0.1, 0.15) is 0 Å². The summed E-state index contributed by atoms with van der Waals surface area (Å²) in [6.45, 7) is 0. The Labute approximate surface area is 95.1 Å². The van der Waals surface area contributed by atoms with Crippen LogP contribution in [0.25, 0.3) is 22.6 Å². The maximum absolute atomic E-state index is 12.1. The summed E-state index contributed by atoms with van der Waals surface area (Å²) in [5, 5.41) is 14.0. The fourth-order valence-corrected chi connectivity index (χ4v) is 1.67. The number of nitrogens with one attached hydrogen (secondary N) is 1. The molecule has 2 aromatic heterocycles. The molecule has 0 fully saturated rings. The maximum atomic E-state index is 12.1. The number of tetrazole rings is 1. The molecule has 0 radical (unpaired) electrons. The Bertz CT molecular complexity index is 730. The molecule has 7 heteroatoms. The Morgan fingerprint density at radius 3 is 2.88 bits per heavy atom. The minimum Gasteiger partial charge on any atom is -0.292 e. The van der Waals surface area contributed by atoms with E-state index in [1.54, 1.807) is 25.2 Å². The second-order valence-electron chi connectivity index (χ2n) is 3.55. The monoisotopic (exact) mass is 228 g/mol. The van der Waals surface area contributed by atoms with Crippen molar-refractivity contribution in [2.45, 2.75) is 0 Å². The van der Waals surface area contributed by atoms with Crippen molar-refractivity contribution in [1.82, 2.24) is 30.2 Å². The molecule has 0 aliphatic rings. The van der Waals surface area contributed by atoms with Crippen molar-refractivity contribution in [2.24, 2.45) is 7.05 Å². The Kier molecular flexibility index (Phi) is 1.97. The molecule has 0 spiro atoms. The van der Waals surface area contributed by atoms with Gasteiger partial charge in [0.15, 0.2) is 5.82 Å². The van der Waals surface area contributed by atoms with Crippen LogP contribution < -0.4 is 5.56 Å². The first-order chi connectivity index (χ1) is 8.27. The van der Waals surface area contributed by atoms with Gasteiger partial charge >= 0.3 is 0 Å². The van der Waals surface area contributed by atoms with Gasteiger partial charge in [0.05, 0.1) is 10.9 Å².